The summed E-state index contributed by atoms with van der Waals surface area (Å²) in [7, 11) is 0. The van der Waals surface area contributed by atoms with E-state index < -0.39 is 0 Å². The third-order valence-corrected chi connectivity index (χ3v) is 6.80. The lowest BCUT2D eigenvalue weighted by molar-refractivity contribution is 0.0785. The standard InChI is InChI=1S/C29H40N6O/c1-20-14-21(2)27(22(3)15-20)28(36)35-13-11-25(18-35)10-8-6-7-9-12-31-29(32-19-30)34-26-16-23(4)33-24(5)17-26/h14-17,25H,6-13,18H2,1-5H3,(H2,31,32,33,34). The van der Waals surface area contributed by atoms with Gasteiger partial charge in [0.1, 0.15) is 0 Å². The number of carbonyl (C=O) groups excluding carboxylic acids is 1. The van der Waals surface area contributed by atoms with Crippen molar-refractivity contribution in [1.29, 1.82) is 5.26 Å². The number of guanidine groups is 1. The molecule has 0 aliphatic carbocycles. The smallest absolute Gasteiger partial charge is 0.254 e. The summed E-state index contributed by atoms with van der Waals surface area (Å²) < 4.78 is 0. The molecular formula is C29H40N6O. The number of nitrogens with one attached hydrogen (secondary N) is 2. The molecule has 1 unspecified atom stereocenters. The predicted molar refractivity (Wildman–Crippen MR) is 146 cm³/mol. The monoisotopic (exact) mass is 488 g/mol. The Labute approximate surface area is 216 Å². The molecule has 1 aliphatic heterocycles. The predicted octanol–water partition coefficient (Wildman–Crippen LogP) is 5.58. The van der Waals surface area contributed by atoms with E-state index in [-0.39, 0.29) is 5.91 Å². The number of pyridine rings is 1. The van der Waals surface area contributed by atoms with Crippen LogP contribution in [0.2, 0.25) is 0 Å². The molecule has 0 saturated carbocycles. The van der Waals surface area contributed by atoms with E-state index in [1.54, 1.807) is 0 Å². The number of nitrogens with zero attached hydrogens (tertiary/aromatic N) is 4. The Balaban J connectivity index is 1.34. The van der Waals surface area contributed by atoms with Gasteiger partial charge in [-0.2, -0.15) is 5.26 Å². The summed E-state index contributed by atoms with van der Waals surface area (Å²) in [6.07, 6.45) is 8.63. The fourth-order valence-electron chi connectivity index (χ4n) is 5.25. The number of amides is 1. The summed E-state index contributed by atoms with van der Waals surface area (Å²) in [5.41, 5.74) is 6.97. The second-order valence-electron chi connectivity index (χ2n) is 10.1. The second-order valence-corrected chi connectivity index (χ2v) is 10.1. The lowest BCUT2D eigenvalue weighted by Crippen LogP contribution is -2.31. The third-order valence-electron chi connectivity index (χ3n) is 6.80. The van der Waals surface area contributed by atoms with E-state index in [2.05, 4.69) is 39.7 Å². The molecule has 2 N–H and O–H groups in total. The van der Waals surface area contributed by atoms with Gasteiger partial charge in [-0.3, -0.25) is 9.78 Å². The van der Waals surface area contributed by atoms with Gasteiger partial charge in [-0.1, -0.05) is 37.0 Å². The van der Waals surface area contributed by atoms with Gasteiger partial charge in [-0.15, -0.1) is 4.99 Å². The lowest BCUT2D eigenvalue weighted by Gasteiger charge is -2.20. The Kier molecular flexibility index (Phi) is 9.86. The van der Waals surface area contributed by atoms with Crippen LogP contribution in [0.3, 0.4) is 0 Å². The highest BCUT2D eigenvalue weighted by atomic mass is 16.2. The van der Waals surface area contributed by atoms with E-state index >= 15 is 0 Å². The van der Waals surface area contributed by atoms with Gasteiger partial charge in [0.2, 0.25) is 12.2 Å². The molecule has 1 aromatic heterocycles. The number of likely N-dealkylation sites (tertiary alicyclic amines) is 1. The van der Waals surface area contributed by atoms with E-state index in [0.717, 1.165) is 72.7 Å². The molecule has 7 heteroatoms. The highest BCUT2D eigenvalue weighted by Crippen LogP contribution is 2.26. The van der Waals surface area contributed by atoms with E-state index in [1.807, 2.05) is 50.9 Å². The van der Waals surface area contributed by atoms with Crippen molar-refractivity contribution in [1.82, 2.24) is 15.2 Å². The molecular weight excluding hydrogens is 448 g/mol. The summed E-state index contributed by atoms with van der Waals surface area (Å²) >= 11 is 0. The number of unbranched alkanes of at least 4 members (excludes halogenated alkanes) is 3. The molecule has 7 nitrogen and oxygen atoms in total. The maximum Gasteiger partial charge on any atom is 0.254 e. The van der Waals surface area contributed by atoms with Gasteiger partial charge in [0.15, 0.2) is 0 Å². The molecule has 36 heavy (non-hydrogen) atoms. The van der Waals surface area contributed by atoms with Crippen molar-refractivity contribution in [3.63, 3.8) is 0 Å². The fourth-order valence-corrected chi connectivity index (χ4v) is 5.25. The van der Waals surface area contributed by atoms with Gasteiger partial charge in [0, 0.05) is 42.3 Å². The number of aliphatic imine (C=N–C) groups is 1. The normalized spacial score (nSPS) is 15.6. The number of rotatable bonds is 9. The number of aromatic nitrogens is 1. The van der Waals surface area contributed by atoms with Gasteiger partial charge in [0.05, 0.1) is 0 Å². The van der Waals surface area contributed by atoms with Gasteiger partial charge in [-0.05, 0) is 83.1 Å². The van der Waals surface area contributed by atoms with Gasteiger partial charge in [0.25, 0.3) is 5.91 Å². The average molecular weight is 489 g/mol. The largest absolute Gasteiger partial charge is 0.355 e. The van der Waals surface area contributed by atoms with Crippen LogP contribution in [-0.2, 0) is 0 Å². The van der Waals surface area contributed by atoms with Crippen LogP contribution in [0.1, 0.15) is 77.0 Å². The number of carbonyl (C=O) groups is 1. The Bertz CT molecular complexity index is 1090. The van der Waals surface area contributed by atoms with Crippen molar-refractivity contribution in [3.8, 4) is 6.19 Å². The molecule has 3 rings (SSSR count). The number of anilines is 1. The zero-order chi connectivity index (χ0) is 26.1. The number of hydrogen-bond donors (Lipinski definition) is 2. The van der Waals surface area contributed by atoms with Crippen molar-refractivity contribution in [2.75, 3.05) is 25.0 Å². The molecule has 1 aromatic carbocycles. The molecule has 1 saturated heterocycles. The lowest BCUT2D eigenvalue weighted by atomic mass is 9.98. The molecule has 2 aromatic rings. The van der Waals surface area contributed by atoms with E-state index in [4.69, 9.17) is 5.26 Å². The van der Waals surface area contributed by atoms with Crippen LogP contribution < -0.4 is 10.6 Å². The third kappa shape index (κ3) is 7.81. The van der Waals surface area contributed by atoms with Crippen LogP contribution >= 0.6 is 0 Å². The molecule has 1 fully saturated rings. The zero-order valence-electron chi connectivity index (χ0n) is 22.4. The molecule has 1 aliphatic rings. The van der Waals surface area contributed by atoms with E-state index in [1.165, 1.54) is 24.8 Å². The number of hydrogen-bond acceptors (Lipinski definition) is 4. The van der Waals surface area contributed by atoms with Crippen molar-refractivity contribution in [3.05, 3.63) is 57.9 Å². The maximum absolute atomic E-state index is 13.1. The van der Waals surface area contributed by atoms with Crippen molar-refractivity contribution in [2.24, 2.45) is 10.9 Å². The molecule has 0 radical (unpaired) electrons. The first kappa shape index (κ1) is 27.2. The first-order valence-corrected chi connectivity index (χ1v) is 13.1. The number of aryl methyl sites for hydroxylation is 5. The zero-order valence-corrected chi connectivity index (χ0v) is 22.4. The summed E-state index contributed by atoms with van der Waals surface area (Å²) in [6.45, 7) is 12.6. The van der Waals surface area contributed by atoms with Crippen LogP contribution in [0.5, 0.6) is 0 Å². The Hall–Kier alpha value is -3.40. The minimum absolute atomic E-state index is 0.194. The van der Waals surface area contributed by atoms with Crippen LogP contribution in [0.25, 0.3) is 0 Å². The number of nitriles is 1. The van der Waals surface area contributed by atoms with Crippen molar-refractivity contribution >= 4 is 17.6 Å². The SMILES string of the molecule is Cc1cc(C)c(C(=O)N2CCC(CCCCCCN/C(=N/C#N)Nc3cc(C)nc(C)c3)C2)c(C)c1. The van der Waals surface area contributed by atoms with Crippen LogP contribution in [0.15, 0.2) is 29.3 Å². The molecule has 0 bridgehead atoms. The van der Waals surface area contributed by atoms with Gasteiger partial charge in [-0.25, -0.2) is 0 Å². The highest BCUT2D eigenvalue weighted by molar-refractivity contribution is 5.97. The van der Waals surface area contributed by atoms with E-state index in [0.29, 0.717) is 11.9 Å². The molecule has 192 valence electrons. The van der Waals surface area contributed by atoms with Crippen LogP contribution in [0, 0.1) is 52.0 Å². The molecule has 1 amide bonds. The van der Waals surface area contributed by atoms with Gasteiger partial charge < -0.3 is 15.5 Å². The molecule has 1 atom stereocenters. The van der Waals surface area contributed by atoms with Crippen LogP contribution in [0.4, 0.5) is 5.69 Å². The summed E-state index contributed by atoms with van der Waals surface area (Å²) in [5, 5.41) is 15.4. The highest BCUT2D eigenvalue weighted by Gasteiger charge is 2.28. The van der Waals surface area contributed by atoms with Crippen molar-refractivity contribution < 1.29 is 4.79 Å². The fraction of sp³-hybridized carbons (Fsp3) is 0.517. The summed E-state index contributed by atoms with van der Waals surface area (Å²) in [5.74, 6) is 1.26. The van der Waals surface area contributed by atoms with E-state index in [9.17, 15) is 4.79 Å². The van der Waals surface area contributed by atoms with Crippen LogP contribution in [-0.4, -0.2) is 41.4 Å². The number of benzene rings is 1. The quantitative estimate of drug-likeness (QED) is 0.208. The summed E-state index contributed by atoms with van der Waals surface area (Å²) in [6, 6.07) is 8.08. The topological polar surface area (TPSA) is 93.4 Å². The molecule has 2 heterocycles. The first-order chi connectivity index (χ1) is 17.3. The average Bonchev–Trinajstić information content (AvgIpc) is 3.26. The second kappa shape index (κ2) is 13.1. The Morgan fingerprint density at radius 1 is 1.06 bits per heavy atom. The minimum Gasteiger partial charge on any atom is -0.355 e. The Morgan fingerprint density at radius 2 is 1.72 bits per heavy atom. The minimum atomic E-state index is 0.194. The van der Waals surface area contributed by atoms with Crippen molar-refractivity contribution in [2.45, 2.75) is 73.1 Å². The maximum atomic E-state index is 13.1. The first-order valence-electron chi connectivity index (χ1n) is 13.1. The summed E-state index contributed by atoms with van der Waals surface area (Å²) in [4.78, 5) is 23.4. The van der Waals surface area contributed by atoms with Gasteiger partial charge >= 0.3 is 0 Å². The molecule has 0 spiro atoms. The Morgan fingerprint density at radius 3 is 2.39 bits per heavy atom.